The van der Waals surface area contributed by atoms with Gasteiger partial charge in [0.05, 0.1) is 22.1 Å². The summed E-state index contributed by atoms with van der Waals surface area (Å²) in [6.45, 7) is 0. The molecule has 0 N–H and O–H groups in total. The first-order valence-electron chi connectivity index (χ1n) is 10.6. The highest BCUT2D eigenvalue weighted by atomic mass is 16.3. The predicted octanol–water partition coefficient (Wildman–Crippen LogP) is 7.14. The Balaban J connectivity index is 1.56. The first kappa shape index (κ1) is 17.3. The number of rotatable bonds is 2. The predicted molar refractivity (Wildman–Crippen MR) is 129 cm³/mol. The minimum atomic E-state index is 0.614. The molecule has 0 fully saturated rings. The molecule has 4 nitrogen and oxygen atoms in total. The molecule has 4 aromatic carbocycles. The summed E-state index contributed by atoms with van der Waals surface area (Å²) in [6, 6.07) is 33.6. The first-order chi connectivity index (χ1) is 15.9. The minimum absolute atomic E-state index is 0.614. The lowest BCUT2D eigenvalue weighted by atomic mass is 10.0. The summed E-state index contributed by atoms with van der Waals surface area (Å²) in [5.41, 5.74) is 6.88. The van der Waals surface area contributed by atoms with Gasteiger partial charge in [0, 0.05) is 27.4 Å². The fourth-order valence-corrected chi connectivity index (χ4v) is 4.75. The van der Waals surface area contributed by atoms with Gasteiger partial charge in [0.2, 0.25) is 5.71 Å². The van der Waals surface area contributed by atoms with Crippen LogP contribution in [0.1, 0.15) is 0 Å². The van der Waals surface area contributed by atoms with E-state index in [0.29, 0.717) is 5.71 Å². The summed E-state index contributed by atoms with van der Waals surface area (Å²) in [5.74, 6) is 0. The molecule has 0 aliphatic rings. The Kier molecular flexibility index (Phi) is 3.52. The van der Waals surface area contributed by atoms with Crippen LogP contribution in [0, 0.1) is 0 Å². The van der Waals surface area contributed by atoms with Crippen LogP contribution < -0.4 is 0 Å². The van der Waals surface area contributed by atoms with E-state index in [1.807, 2.05) is 24.3 Å². The zero-order valence-electron chi connectivity index (χ0n) is 17.1. The van der Waals surface area contributed by atoms with Crippen molar-refractivity contribution in [2.45, 2.75) is 0 Å². The second-order valence-electron chi connectivity index (χ2n) is 7.92. The molecule has 3 heterocycles. The van der Waals surface area contributed by atoms with Gasteiger partial charge < -0.3 is 8.98 Å². The number of benzene rings is 4. The summed E-state index contributed by atoms with van der Waals surface area (Å²) in [5, 5.41) is 4.40. The van der Waals surface area contributed by atoms with Gasteiger partial charge in [-0.25, -0.2) is 9.97 Å². The topological polar surface area (TPSA) is 43.9 Å². The monoisotopic (exact) mass is 411 g/mol. The smallest absolute Gasteiger partial charge is 0.230 e. The molecule has 7 rings (SSSR count). The Morgan fingerprint density at radius 1 is 0.625 bits per heavy atom. The summed E-state index contributed by atoms with van der Waals surface area (Å²) in [7, 11) is 0. The van der Waals surface area contributed by atoms with Gasteiger partial charge in [-0.1, -0.05) is 60.7 Å². The molecule has 0 saturated carbocycles. The van der Waals surface area contributed by atoms with Gasteiger partial charge in [-0.3, -0.25) is 0 Å². The normalized spacial score (nSPS) is 11.8. The van der Waals surface area contributed by atoms with Gasteiger partial charge in [-0.15, -0.1) is 0 Å². The molecule has 7 aromatic rings. The Hall–Kier alpha value is -4.44. The molecule has 0 spiro atoms. The molecule has 0 unspecified atom stereocenters. The van der Waals surface area contributed by atoms with Crippen molar-refractivity contribution in [2.75, 3.05) is 0 Å². The maximum Gasteiger partial charge on any atom is 0.230 e. The van der Waals surface area contributed by atoms with Crippen LogP contribution >= 0.6 is 0 Å². The highest BCUT2D eigenvalue weighted by Gasteiger charge is 2.17. The van der Waals surface area contributed by atoms with Crippen molar-refractivity contribution in [3.8, 4) is 16.9 Å². The standard InChI is InChI=1S/C28H17N3O/c1-2-8-19(9-3-1)31-23-12-6-4-10-20(23)22-16-18(14-15-24(22)31)27-26-21-11-5-7-13-25(21)32-28(26)30-17-29-27/h1-17H. The van der Waals surface area contributed by atoms with Crippen molar-refractivity contribution in [2.24, 2.45) is 0 Å². The van der Waals surface area contributed by atoms with Crippen LogP contribution in [0.15, 0.2) is 108 Å². The lowest BCUT2D eigenvalue weighted by molar-refractivity contribution is 0.653. The van der Waals surface area contributed by atoms with Crippen LogP contribution in [0.5, 0.6) is 0 Å². The van der Waals surface area contributed by atoms with Crippen LogP contribution in [-0.2, 0) is 0 Å². The molecule has 0 aliphatic carbocycles. The van der Waals surface area contributed by atoms with Crippen LogP contribution in [-0.4, -0.2) is 14.5 Å². The molecule has 0 saturated heterocycles. The van der Waals surface area contributed by atoms with Gasteiger partial charge in [0.15, 0.2) is 0 Å². The van der Waals surface area contributed by atoms with E-state index in [9.17, 15) is 0 Å². The highest BCUT2D eigenvalue weighted by molar-refractivity contribution is 6.13. The van der Waals surface area contributed by atoms with Gasteiger partial charge in [-0.05, 0) is 36.4 Å². The van der Waals surface area contributed by atoms with E-state index in [2.05, 4.69) is 87.3 Å². The van der Waals surface area contributed by atoms with Crippen molar-refractivity contribution >= 4 is 43.9 Å². The second kappa shape index (κ2) is 6.53. The van der Waals surface area contributed by atoms with E-state index < -0.39 is 0 Å². The molecule has 0 radical (unpaired) electrons. The van der Waals surface area contributed by atoms with Crippen LogP contribution in [0.25, 0.3) is 60.8 Å². The van der Waals surface area contributed by atoms with Crippen LogP contribution in [0.3, 0.4) is 0 Å². The maximum absolute atomic E-state index is 5.98. The van der Waals surface area contributed by atoms with Crippen molar-refractivity contribution in [3.63, 3.8) is 0 Å². The van der Waals surface area contributed by atoms with E-state index in [4.69, 9.17) is 4.42 Å². The zero-order chi connectivity index (χ0) is 21.1. The average molecular weight is 411 g/mol. The maximum atomic E-state index is 5.98. The first-order valence-corrected chi connectivity index (χ1v) is 10.6. The molecule has 3 aromatic heterocycles. The molecule has 0 atom stereocenters. The quantitative estimate of drug-likeness (QED) is 0.304. The van der Waals surface area contributed by atoms with Crippen molar-refractivity contribution in [1.29, 1.82) is 0 Å². The average Bonchev–Trinajstić information content (AvgIpc) is 3.40. The number of fused-ring (bicyclic) bond motifs is 6. The van der Waals surface area contributed by atoms with Crippen LogP contribution in [0.2, 0.25) is 0 Å². The van der Waals surface area contributed by atoms with Crippen LogP contribution in [0.4, 0.5) is 0 Å². The fraction of sp³-hybridized carbons (Fsp3) is 0. The Morgan fingerprint density at radius 2 is 1.38 bits per heavy atom. The van der Waals surface area contributed by atoms with E-state index >= 15 is 0 Å². The number of hydrogen-bond acceptors (Lipinski definition) is 3. The van der Waals surface area contributed by atoms with Crippen molar-refractivity contribution < 1.29 is 4.42 Å². The summed E-state index contributed by atoms with van der Waals surface area (Å²) in [4.78, 5) is 9.05. The molecule has 150 valence electrons. The Morgan fingerprint density at radius 3 is 2.28 bits per heavy atom. The van der Waals surface area contributed by atoms with Gasteiger partial charge in [0.25, 0.3) is 0 Å². The molecule has 0 bridgehead atoms. The SMILES string of the molecule is c1ccc(-n2c3ccccc3c3cc(-c4ncnc5oc6ccccc6c45)ccc32)cc1. The third-order valence-corrected chi connectivity index (χ3v) is 6.14. The highest BCUT2D eigenvalue weighted by Crippen LogP contribution is 2.38. The van der Waals surface area contributed by atoms with Gasteiger partial charge in [0.1, 0.15) is 11.9 Å². The van der Waals surface area contributed by atoms with Gasteiger partial charge in [-0.2, -0.15) is 0 Å². The fourth-order valence-electron chi connectivity index (χ4n) is 4.75. The Labute approximate surface area is 183 Å². The molecule has 0 aliphatic heterocycles. The summed E-state index contributed by atoms with van der Waals surface area (Å²) in [6.07, 6.45) is 1.58. The summed E-state index contributed by atoms with van der Waals surface area (Å²) < 4.78 is 8.30. The third kappa shape index (κ3) is 2.38. The van der Waals surface area contributed by atoms with E-state index in [1.54, 1.807) is 6.33 Å². The number of furan rings is 1. The van der Waals surface area contributed by atoms with Crippen molar-refractivity contribution in [3.05, 3.63) is 103 Å². The third-order valence-electron chi connectivity index (χ3n) is 6.14. The lowest BCUT2D eigenvalue weighted by Gasteiger charge is -2.08. The molecule has 32 heavy (non-hydrogen) atoms. The van der Waals surface area contributed by atoms with Crippen molar-refractivity contribution in [1.82, 2.24) is 14.5 Å². The molecular weight excluding hydrogens is 394 g/mol. The zero-order valence-corrected chi connectivity index (χ0v) is 17.1. The number of nitrogens with zero attached hydrogens (tertiary/aromatic N) is 3. The van der Waals surface area contributed by atoms with E-state index in [-0.39, 0.29) is 0 Å². The summed E-state index contributed by atoms with van der Waals surface area (Å²) >= 11 is 0. The lowest BCUT2D eigenvalue weighted by Crippen LogP contribution is -1.93. The van der Waals surface area contributed by atoms with E-state index in [1.165, 1.54) is 21.8 Å². The molecule has 4 heteroatoms. The largest absolute Gasteiger partial charge is 0.438 e. The number of para-hydroxylation sites is 3. The minimum Gasteiger partial charge on any atom is -0.438 e. The van der Waals surface area contributed by atoms with Gasteiger partial charge >= 0.3 is 0 Å². The molecule has 0 amide bonds. The second-order valence-corrected chi connectivity index (χ2v) is 7.92. The van der Waals surface area contributed by atoms with E-state index in [0.717, 1.165) is 33.3 Å². The number of hydrogen-bond donors (Lipinski definition) is 0. The number of aromatic nitrogens is 3. The molecular formula is C28H17N3O. The Bertz CT molecular complexity index is 1780.